The lowest BCUT2D eigenvalue weighted by molar-refractivity contribution is 0.788. The van der Waals surface area contributed by atoms with E-state index in [-0.39, 0.29) is 0 Å². The van der Waals surface area contributed by atoms with Crippen LogP contribution in [0.15, 0.2) is 54.6 Å². The molecule has 1 heteroatoms. The van der Waals surface area contributed by atoms with Crippen molar-refractivity contribution in [3.8, 4) is 0 Å². The Balaban J connectivity index is 2.43. The Morgan fingerprint density at radius 3 is 2.06 bits per heavy atom. The minimum atomic E-state index is 0.444. The van der Waals surface area contributed by atoms with Crippen LogP contribution in [0, 0.1) is 6.92 Å². The van der Waals surface area contributed by atoms with Gasteiger partial charge >= 0.3 is 0 Å². The van der Waals surface area contributed by atoms with E-state index in [1.54, 1.807) is 0 Å². The molecule has 2 rings (SSSR count). The summed E-state index contributed by atoms with van der Waals surface area (Å²) in [5.41, 5.74) is 3.79. The molecule has 0 N–H and O–H groups in total. The quantitative estimate of drug-likeness (QED) is 0.741. The maximum Gasteiger partial charge on any atom is 0.0415 e. The molecule has 0 aliphatic carbocycles. The summed E-state index contributed by atoms with van der Waals surface area (Å²) in [6.45, 7) is 6.57. The summed E-state index contributed by atoms with van der Waals surface area (Å²) in [6.07, 6.45) is 0. The second-order valence-electron chi connectivity index (χ2n) is 4.64. The Kier molecular flexibility index (Phi) is 3.48. The molecule has 17 heavy (non-hydrogen) atoms. The molecule has 0 aliphatic heterocycles. The topological polar surface area (TPSA) is 3.24 Å². The highest BCUT2D eigenvalue weighted by Gasteiger charge is 2.12. The molecule has 88 valence electrons. The van der Waals surface area contributed by atoms with Gasteiger partial charge in [-0.2, -0.15) is 0 Å². The standard InChI is InChI=1S/C16H19N/c1-13(2)17(15-9-5-4-6-10-15)16-11-7-8-14(3)12-16/h4-13H,1-3H3. The average molecular weight is 225 g/mol. The SMILES string of the molecule is Cc1cccc(N(c2ccccc2)C(C)C)c1. The summed E-state index contributed by atoms with van der Waals surface area (Å²) in [5.74, 6) is 0. The highest BCUT2D eigenvalue weighted by Crippen LogP contribution is 2.27. The molecule has 2 aromatic carbocycles. The third-order valence-corrected chi connectivity index (χ3v) is 2.83. The monoisotopic (exact) mass is 225 g/mol. The van der Waals surface area contributed by atoms with Crippen molar-refractivity contribution in [3.63, 3.8) is 0 Å². The first kappa shape index (κ1) is 11.7. The Morgan fingerprint density at radius 2 is 1.47 bits per heavy atom. The third-order valence-electron chi connectivity index (χ3n) is 2.83. The zero-order valence-electron chi connectivity index (χ0n) is 10.7. The van der Waals surface area contributed by atoms with E-state index in [1.807, 2.05) is 0 Å². The summed E-state index contributed by atoms with van der Waals surface area (Å²) in [7, 11) is 0. The molecule has 0 atom stereocenters. The van der Waals surface area contributed by atoms with Crippen LogP contribution >= 0.6 is 0 Å². The van der Waals surface area contributed by atoms with Gasteiger partial charge in [0.25, 0.3) is 0 Å². The van der Waals surface area contributed by atoms with E-state index in [1.165, 1.54) is 16.9 Å². The van der Waals surface area contributed by atoms with Crippen molar-refractivity contribution in [2.75, 3.05) is 4.90 Å². The van der Waals surface area contributed by atoms with Gasteiger partial charge in [-0.1, -0.05) is 30.3 Å². The second-order valence-corrected chi connectivity index (χ2v) is 4.64. The lowest BCUT2D eigenvalue weighted by Gasteiger charge is -2.29. The van der Waals surface area contributed by atoms with Crippen molar-refractivity contribution in [1.82, 2.24) is 0 Å². The van der Waals surface area contributed by atoms with E-state index in [0.717, 1.165) is 0 Å². The fourth-order valence-electron chi connectivity index (χ4n) is 2.11. The molecule has 0 fully saturated rings. The van der Waals surface area contributed by atoms with Crippen LogP contribution in [-0.4, -0.2) is 6.04 Å². The highest BCUT2D eigenvalue weighted by atomic mass is 15.2. The first-order valence-electron chi connectivity index (χ1n) is 6.09. The number of para-hydroxylation sites is 1. The van der Waals surface area contributed by atoms with E-state index in [2.05, 4.69) is 80.3 Å². The minimum Gasteiger partial charge on any atom is -0.339 e. The Bertz CT molecular complexity index is 474. The van der Waals surface area contributed by atoms with Gasteiger partial charge < -0.3 is 4.90 Å². The maximum absolute atomic E-state index is 2.35. The molecule has 0 spiro atoms. The summed E-state index contributed by atoms with van der Waals surface area (Å²) >= 11 is 0. The van der Waals surface area contributed by atoms with Gasteiger partial charge in [-0.15, -0.1) is 0 Å². The summed E-state index contributed by atoms with van der Waals surface area (Å²) in [6, 6.07) is 19.6. The van der Waals surface area contributed by atoms with Crippen LogP contribution < -0.4 is 4.90 Å². The molecule has 0 radical (unpaired) electrons. The van der Waals surface area contributed by atoms with Gasteiger partial charge in [0.05, 0.1) is 0 Å². The largest absolute Gasteiger partial charge is 0.339 e. The van der Waals surface area contributed by atoms with Crippen molar-refractivity contribution in [3.05, 3.63) is 60.2 Å². The van der Waals surface area contributed by atoms with Crippen LogP contribution in [0.3, 0.4) is 0 Å². The van der Waals surface area contributed by atoms with E-state index in [9.17, 15) is 0 Å². The maximum atomic E-state index is 2.35. The number of nitrogens with zero attached hydrogens (tertiary/aromatic N) is 1. The number of benzene rings is 2. The predicted molar refractivity (Wildman–Crippen MR) is 74.9 cm³/mol. The lowest BCUT2D eigenvalue weighted by Crippen LogP contribution is -2.25. The van der Waals surface area contributed by atoms with Crippen molar-refractivity contribution in [2.24, 2.45) is 0 Å². The van der Waals surface area contributed by atoms with Gasteiger partial charge in [0, 0.05) is 17.4 Å². The van der Waals surface area contributed by atoms with Crippen molar-refractivity contribution >= 4 is 11.4 Å². The van der Waals surface area contributed by atoms with Crippen LogP contribution in [0.1, 0.15) is 19.4 Å². The third kappa shape index (κ3) is 2.68. The van der Waals surface area contributed by atoms with E-state index in [0.29, 0.717) is 6.04 Å². The Hall–Kier alpha value is -1.76. The Morgan fingerprint density at radius 1 is 0.824 bits per heavy atom. The van der Waals surface area contributed by atoms with Crippen molar-refractivity contribution in [1.29, 1.82) is 0 Å². The van der Waals surface area contributed by atoms with Crippen molar-refractivity contribution < 1.29 is 0 Å². The van der Waals surface area contributed by atoms with E-state index in [4.69, 9.17) is 0 Å². The second kappa shape index (κ2) is 5.05. The van der Waals surface area contributed by atoms with Crippen LogP contribution in [0.2, 0.25) is 0 Å². The molecule has 0 amide bonds. The number of anilines is 2. The van der Waals surface area contributed by atoms with Gasteiger partial charge in [0.15, 0.2) is 0 Å². The summed E-state index contributed by atoms with van der Waals surface area (Å²) in [5, 5.41) is 0. The smallest absolute Gasteiger partial charge is 0.0415 e. The van der Waals surface area contributed by atoms with Gasteiger partial charge in [0.1, 0.15) is 0 Å². The first-order chi connectivity index (χ1) is 8.18. The normalized spacial score (nSPS) is 10.6. The van der Waals surface area contributed by atoms with Gasteiger partial charge in [-0.05, 0) is 50.6 Å². The molecular formula is C16H19N. The molecule has 0 bridgehead atoms. The molecule has 2 aromatic rings. The molecule has 1 nitrogen and oxygen atoms in total. The zero-order chi connectivity index (χ0) is 12.3. The summed E-state index contributed by atoms with van der Waals surface area (Å²) < 4.78 is 0. The zero-order valence-corrected chi connectivity index (χ0v) is 10.7. The van der Waals surface area contributed by atoms with Crippen molar-refractivity contribution in [2.45, 2.75) is 26.8 Å². The Labute approximate surface area is 104 Å². The van der Waals surface area contributed by atoms with E-state index < -0.39 is 0 Å². The number of aryl methyl sites for hydroxylation is 1. The molecule has 0 saturated heterocycles. The fraction of sp³-hybridized carbons (Fsp3) is 0.250. The molecule has 0 saturated carbocycles. The molecule has 0 aliphatic rings. The van der Waals surface area contributed by atoms with Gasteiger partial charge in [0.2, 0.25) is 0 Å². The molecule has 0 heterocycles. The van der Waals surface area contributed by atoms with Gasteiger partial charge in [-0.25, -0.2) is 0 Å². The fourth-order valence-corrected chi connectivity index (χ4v) is 2.11. The van der Waals surface area contributed by atoms with Crippen LogP contribution in [0.5, 0.6) is 0 Å². The summed E-state index contributed by atoms with van der Waals surface area (Å²) in [4.78, 5) is 2.35. The molecular weight excluding hydrogens is 206 g/mol. The average Bonchev–Trinajstić information content (AvgIpc) is 2.30. The number of hydrogen-bond donors (Lipinski definition) is 0. The predicted octanol–water partition coefficient (Wildman–Crippen LogP) is 4.54. The van der Waals surface area contributed by atoms with Crippen LogP contribution in [-0.2, 0) is 0 Å². The van der Waals surface area contributed by atoms with Crippen LogP contribution in [0.25, 0.3) is 0 Å². The number of hydrogen-bond acceptors (Lipinski definition) is 1. The van der Waals surface area contributed by atoms with Gasteiger partial charge in [-0.3, -0.25) is 0 Å². The highest BCUT2D eigenvalue weighted by molar-refractivity contribution is 5.64. The van der Waals surface area contributed by atoms with E-state index >= 15 is 0 Å². The lowest BCUT2D eigenvalue weighted by atomic mass is 10.1. The van der Waals surface area contributed by atoms with Crippen LogP contribution in [0.4, 0.5) is 11.4 Å². The number of rotatable bonds is 3. The molecule has 0 aromatic heterocycles. The molecule has 0 unspecified atom stereocenters. The minimum absolute atomic E-state index is 0.444. The first-order valence-corrected chi connectivity index (χ1v) is 6.09.